The summed E-state index contributed by atoms with van der Waals surface area (Å²) in [4.78, 5) is 27.2. The molecule has 2 aromatic carbocycles. The molecule has 3 rings (SSSR count). The monoisotopic (exact) mass is 457 g/mol. The molecule has 9 heteroatoms. The summed E-state index contributed by atoms with van der Waals surface area (Å²) < 4.78 is 6.34. The van der Waals surface area contributed by atoms with Crippen LogP contribution in [0.3, 0.4) is 0 Å². The van der Waals surface area contributed by atoms with E-state index in [4.69, 9.17) is 11.2 Å². The number of halogens is 1. The predicted octanol–water partition coefficient (Wildman–Crippen LogP) is 4.26. The van der Waals surface area contributed by atoms with Crippen molar-refractivity contribution in [1.29, 1.82) is 0 Å². The van der Waals surface area contributed by atoms with Gasteiger partial charge in [0.1, 0.15) is 12.4 Å². The number of nitro groups is 1. The maximum absolute atomic E-state index is 12.3. The lowest BCUT2D eigenvalue weighted by atomic mass is 10.2. The number of amidine groups is 1. The average Bonchev–Trinajstić information content (AvgIpc) is 3.00. The van der Waals surface area contributed by atoms with Crippen LogP contribution in [0.4, 0.5) is 11.4 Å². The van der Waals surface area contributed by atoms with Crippen molar-refractivity contribution in [1.82, 2.24) is 5.32 Å². The second kappa shape index (κ2) is 8.73. The number of nitro benzene ring substituents is 1. The maximum Gasteiger partial charge on any atom is 0.269 e. The van der Waals surface area contributed by atoms with Gasteiger partial charge in [0.15, 0.2) is 5.17 Å². The van der Waals surface area contributed by atoms with Crippen LogP contribution >= 0.6 is 27.7 Å². The van der Waals surface area contributed by atoms with Crippen LogP contribution in [0.1, 0.15) is 5.56 Å². The fourth-order valence-corrected chi connectivity index (χ4v) is 3.48. The van der Waals surface area contributed by atoms with E-state index in [1.165, 1.54) is 24.3 Å². The van der Waals surface area contributed by atoms with Crippen molar-refractivity contribution in [2.24, 2.45) is 4.99 Å². The maximum atomic E-state index is 12.3. The second-order valence-electron chi connectivity index (χ2n) is 5.43. The lowest BCUT2D eigenvalue weighted by Crippen LogP contribution is -2.19. The van der Waals surface area contributed by atoms with Gasteiger partial charge in [-0.15, -0.1) is 6.42 Å². The van der Waals surface area contributed by atoms with Crippen molar-refractivity contribution in [3.8, 4) is 18.1 Å². The molecule has 1 fully saturated rings. The van der Waals surface area contributed by atoms with Crippen LogP contribution in [0, 0.1) is 22.5 Å². The van der Waals surface area contributed by atoms with Crippen LogP contribution in [-0.4, -0.2) is 22.6 Å². The topological polar surface area (TPSA) is 93.8 Å². The number of thioether (sulfide) groups is 1. The first-order chi connectivity index (χ1) is 13.5. The van der Waals surface area contributed by atoms with Gasteiger partial charge < -0.3 is 10.1 Å². The smallest absolute Gasteiger partial charge is 0.269 e. The van der Waals surface area contributed by atoms with Crippen LogP contribution in [-0.2, 0) is 4.79 Å². The van der Waals surface area contributed by atoms with Crippen molar-refractivity contribution < 1.29 is 14.5 Å². The zero-order chi connectivity index (χ0) is 20.1. The minimum absolute atomic E-state index is 0.0261. The fraction of sp³-hybridized carbons (Fsp3) is 0.0526. The summed E-state index contributed by atoms with van der Waals surface area (Å²) in [6, 6.07) is 11.1. The Morgan fingerprint density at radius 1 is 1.32 bits per heavy atom. The third kappa shape index (κ3) is 4.79. The molecule has 140 valence electrons. The second-order valence-corrected chi connectivity index (χ2v) is 7.38. The number of carbonyl (C=O) groups excluding carboxylic acids is 1. The van der Waals surface area contributed by atoms with E-state index in [1.54, 1.807) is 12.1 Å². The van der Waals surface area contributed by atoms with Gasteiger partial charge in [-0.25, -0.2) is 4.99 Å². The molecule has 1 amide bonds. The summed E-state index contributed by atoms with van der Waals surface area (Å²) in [5.41, 5.74) is 1.16. The number of nitrogens with zero attached hydrogens (tertiary/aromatic N) is 2. The van der Waals surface area contributed by atoms with E-state index in [-0.39, 0.29) is 18.2 Å². The number of nitrogens with one attached hydrogen (secondary N) is 1. The van der Waals surface area contributed by atoms with Crippen molar-refractivity contribution in [3.63, 3.8) is 0 Å². The molecule has 7 nitrogen and oxygen atoms in total. The number of hydrogen-bond donors (Lipinski definition) is 1. The minimum Gasteiger partial charge on any atom is -0.480 e. The van der Waals surface area contributed by atoms with Crippen molar-refractivity contribution in [3.05, 3.63) is 67.5 Å². The predicted molar refractivity (Wildman–Crippen MR) is 112 cm³/mol. The molecule has 0 unspecified atom stereocenters. The Hall–Kier alpha value is -3.09. The first-order valence-electron chi connectivity index (χ1n) is 7.86. The highest BCUT2D eigenvalue weighted by Gasteiger charge is 2.24. The van der Waals surface area contributed by atoms with E-state index < -0.39 is 4.92 Å². The number of terminal acetylenes is 1. The molecule has 0 aromatic heterocycles. The van der Waals surface area contributed by atoms with Gasteiger partial charge in [-0.3, -0.25) is 14.9 Å². The lowest BCUT2D eigenvalue weighted by molar-refractivity contribution is -0.384. The molecule has 0 radical (unpaired) electrons. The summed E-state index contributed by atoms with van der Waals surface area (Å²) in [5, 5.41) is 13.8. The molecule has 1 aliphatic heterocycles. The van der Waals surface area contributed by atoms with E-state index in [1.807, 2.05) is 12.1 Å². The van der Waals surface area contributed by atoms with Gasteiger partial charge in [0.05, 0.1) is 15.5 Å². The van der Waals surface area contributed by atoms with Crippen LogP contribution in [0.5, 0.6) is 5.75 Å². The van der Waals surface area contributed by atoms with Crippen molar-refractivity contribution in [2.45, 2.75) is 0 Å². The van der Waals surface area contributed by atoms with Gasteiger partial charge in [-0.1, -0.05) is 21.9 Å². The van der Waals surface area contributed by atoms with E-state index in [2.05, 4.69) is 32.2 Å². The number of ether oxygens (including phenoxy) is 1. The quantitative estimate of drug-likeness (QED) is 0.313. The number of hydrogen-bond acceptors (Lipinski definition) is 6. The fourth-order valence-electron chi connectivity index (χ4n) is 2.27. The van der Waals surface area contributed by atoms with Gasteiger partial charge in [0, 0.05) is 22.2 Å². The van der Waals surface area contributed by atoms with Crippen molar-refractivity contribution in [2.75, 3.05) is 6.61 Å². The van der Waals surface area contributed by atoms with E-state index in [9.17, 15) is 14.9 Å². The number of rotatable bonds is 5. The number of amides is 1. The molecule has 28 heavy (non-hydrogen) atoms. The average molecular weight is 458 g/mol. The molecule has 0 spiro atoms. The summed E-state index contributed by atoms with van der Waals surface area (Å²) in [6.45, 7) is 0.115. The highest BCUT2D eigenvalue weighted by molar-refractivity contribution is 9.10. The van der Waals surface area contributed by atoms with Gasteiger partial charge >= 0.3 is 0 Å². The highest BCUT2D eigenvalue weighted by Crippen LogP contribution is 2.32. The summed E-state index contributed by atoms with van der Waals surface area (Å²) in [5.74, 6) is 2.67. The number of aliphatic imine (C=N–C) groups is 1. The van der Waals surface area contributed by atoms with E-state index in [0.29, 0.717) is 27.1 Å². The summed E-state index contributed by atoms with van der Waals surface area (Å²) >= 11 is 4.56. The molecule has 0 aliphatic carbocycles. The van der Waals surface area contributed by atoms with Gasteiger partial charge in [-0.2, -0.15) is 0 Å². The first kappa shape index (κ1) is 19.7. The third-order valence-corrected chi connectivity index (χ3v) is 4.91. The Kier molecular flexibility index (Phi) is 6.13. The molecule has 0 saturated carbocycles. The van der Waals surface area contributed by atoms with Crippen molar-refractivity contribution >= 4 is 56.2 Å². The van der Waals surface area contributed by atoms with E-state index >= 15 is 0 Å². The Morgan fingerprint density at radius 2 is 2.07 bits per heavy atom. The van der Waals surface area contributed by atoms with Gasteiger partial charge in [0.25, 0.3) is 11.6 Å². The van der Waals surface area contributed by atoms with Crippen LogP contribution < -0.4 is 10.1 Å². The number of benzene rings is 2. The molecule has 0 bridgehead atoms. The molecular weight excluding hydrogens is 446 g/mol. The molecule has 1 N–H and O–H groups in total. The Balaban J connectivity index is 1.84. The number of carbonyl (C=O) groups is 1. The molecule has 1 heterocycles. The molecule has 1 aliphatic rings. The van der Waals surface area contributed by atoms with Crippen LogP contribution in [0.15, 0.2) is 56.8 Å². The van der Waals surface area contributed by atoms with Gasteiger partial charge in [-0.05, 0) is 48.2 Å². The Bertz CT molecular complexity index is 1040. The Morgan fingerprint density at radius 3 is 2.75 bits per heavy atom. The summed E-state index contributed by atoms with van der Waals surface area (Å²) in [6.07, 6.45) is 6.93. The zero-order valence-electron chi connectivity index (χ0n) is 14.2. The highest BCUT2D eigenvalue weighted by atomic mass is 79.9. The largest absolute Gasteiger partial charge is 0.480 e. The Labute approximate surface area is 173 Å². The lowest BCUT2D eigenvalue weighted by Gasteiger charge is -2.07. The standard InChI is InChI=1S/C19H12BrN3O4S/c1-2-9-27-16-8-3-13(20)10-12(16)11-17-18(24)22-19(28-17)21-14-4-6-15(7-5-14)23(25)26/h1,3-8,10-11H,9H2,(H,21,22,24)/b17-11-. The molecule has 0 atom stereocenters. The first-order valence-corrected chi connectivity index (χ1v) is 9.47. The third-order valence-electron chi connectivity index (χ3n) is 3.51. The van der Waals surface area contributed by atoms with Crippen LogP contribution in [0.25, 0.3) is 6.08 Å². The normalized spacial score (nSPS) is 16.1. The van der Waals surface area contributed by atoms with Gasteiger partial charge in [0.2, 0.25) is 0 Å². The minimum atomic E-state index is -0.484. The zero-order valence-corrected chi connectivity index (χ0v) is 16.6. The molecule has 2 aromatic rings. The molecular formula is C19H12BrN3O4S. The van der Waals surface area contributed by atoms with Crippen LogP contribution in [0.2, 0.25) is 0 Å². The summed E-state index contributed by atoms with van der Waals surface area (Å²) in [7, 11) is 0. The number of non-ortho nitro benzene ring substituents is 1. The molecule has 1 saturated heterocycles. The van der Waals surface area contributed by atoms with E-state index in [0.717, 1.165) is 16.2 Å². The SMILES string of the molecule is C#CCOc1ccc(Br)cc1/C=C1\SC(=Nc2ccc([N+](=O)[O-])cc2)NC1=O.